The van der Waals surface area contributed by atoms with Gasteiger partial charge in [-0.05, 0) is 25.5 Å². The molecule has 23 heavy (non-hydrogen) atoms. The Labute approximate surface area is 143 Å². The van der Waals surface area contributed by atoms with Crippen molar-refractivity contribution in [2.75, 3.05) is 0 Å². The van der Waals surface area contributed by atoms with E-state index in [0.717, 1.165) is 40.0 Å². The second-order valence-corrected chi connectivity index (χ2v) is 7.37. The molecule has 0 unspecified atom stereocenters. The zero-order valence-corrected chi connectivity index (χ0v) is 14.9. The van der Waals surface area contributed by atoms with E-state index in [1.807, 2.05) is 35.8 Å². The SMILES string of the molecule is CCCCn1c(SCc2csc(C)n2)nc2ccccc2c1=O. The highest BCUT2D eigenvalue weighted by Crippen LogP contribution is 2.23. The van der Waals surface area contributed by atoms with Gasteiger partial charge in [0.15, 0.2) is 5.16 Å². The summed E-state index contributed by atoms with van der Waals surface area (Å²) < 4.78 is 1.82. The lowest BCUT2D eigenvalue weighted by atomic mass is 10.2. The van der Waals surface area contributed by atoms with E-state index in [1.54, 1.807) is 23.1 Å². The molecule has 6 heteroatoms. The maximum atomic E-state index is 12.8. The lowest BCUT2D eigenvalue weighted by Gasteiger charge is -2.12. The van der Waals surface area contributed by atoms with Crippen LogP contribution in [-0.2, 0) is 12.3 Å². The van der Waals surface area contributed by atoms with Crippen molar-refractivity contribution < 1.29 is 0 Å². The predicted molar refractivity (Wildman–Crippen MR) is 97.3 cm³/mol. The van der Waals surface area contributed by atoms with Crippen LogP contribution in [0.2, 0.25) is 0 Å². The monoisotopic (exact) mass is 345 g/mol. The van der Waals surface area contributed by atoms with Crippen LogP contribution in [-0.4, -0.2) is 14.5 Å². The number of thiazole rings is 1. The molecular formula is C17H19N3OS2. The molecule has 3 aromatic rings. The Morgan fingerprint density at radius 3 is 2.83 bits per heavy atom. The van der Waals surface area contributed by atoms with E-state index in [1.165, 1.54) is 0 Å². The molecule has 1 aromatic carbocycles. The van der Waals surface area contributed by atoms with Gasteiger partial charge in [0.2, 0.25) is 0 Å². The highest BCUT2D eigenvalue weighted by molar-refractivity contribution is 7.98. The lowest BCUT2D eigenvalue weighted by molar-refractivity contribution is 0.557. The van der Waals surface area contributed by atoms with Crippen LogP contribution in [0.15, 0.2) is 39.6 Å². The van der Waals surface area contributed by atoms with Crippen LogP contribution in [0.4, 0.5) is 0 Å². The topological polar surface area (TPSA) is 47.8 Å². The van der Waals surface area contributed by atoms with E-state index in [-0.39, 0.29) is 5.56 Å². The summed E-state index contributed by atoms with van der Waals surface area (Å²) in [6, 6.07) is 7.56. The largest absolute Gasteiger partial charge is 0.287 e. The molecule has 0 saturated heterocycles. The third-order valence-corrected chi connectivity index (χ3v) is 5.41. The smallest absolute Gasteiger partial charge is 0.262 e. The molecule has 0 bridgehead atoms. The van der Waals surface area contributed by atoms with Crippen molar-refractivity contribution in [2.45, 2.75) is 44.1 Å². The van der Waals surface area contributed by atoms with E-state index in [4.69, 9.17) is 4.98 Å². The van der Waals surface area contributed by atoms with Gasteiger partial charge in [-0.3, -0.25) is 9.36 Å². The molecule has 3 rings (SSSR count). The van der Waals surface area contributed by atoms with Crippen LogP contribution in [0.5, 0.6) is 0 Å². The highest BCUT2D eigenvalue weighted by Gasteiger charge is 2.12. The van der Waals surface area contributed by atoms with Gasteiger partial charge >= 0.3 is 0 Å². The summed E-state index contributed by atoms with van der Waals surface area (Å²) in [5.41, 5.74) is 1.87. The predicted octanol–water partition coefficient (Wildman–Crippen LogP) is 4.25. The summed E-state index contributed by atoms with van der Waals surface area (Å²) >= 11 is 3.24. The summed E-state index contributed by atoms with van der Waals surface area (Å²) in [4.78, 5) is 22.0. The van der Waals surface area contributed by atoms with Crippen LogP contribution in [0.25, 0.3) is 10.9 Å². The molecule has 0 radical (unpaired) electrons. The summed E-state index contributed by atoms with van der Waals surface area (Å²) in [6.07, 6.45) is 2.03. The first kappa shape index (κ1) is 16.2. The molecule has 2 aromatic heterocycles. The summed E-state index contributed by atoms with van der Waals surface area (Å²) in [5, 5.41) is 4.61. The number of hydrogen-bond acceptors (Lipinski definition) is 5. The molecule has 0 amide bonds. The highest BCUT2D eigenvalue weighted by atomic mass is 32.2. The minimum absolute atomic E-state index is 0.0565. The van der Waals surface area contributed by atoms with Gasteiger partial charge in [0.25, 0.3) is 5.56 Å². The van der Waals surface area contributed by atoms with Gasteiger partial charge in [0.1, 0.15) is 0 Å². The number of aryl methyl sites for hydroxylation is 1. The second-order valence-electron chi connectivity index (χ2n) is 5.37. The molecular weight excluding hydrogens is 326 g/mol. The van der Waals surface area contributed by atoms with E-state index in [2.05, 4.69) is 17.3 Å². The Balaban J connectivity index is 1.97. The van der Waals surface area contributed by atoms with Crippen molar-refractivity contribution in [3.63, 3.8) is 0 Å². The number of rotatable bonds is 6. The van der Waals surface area contributed by atoms with Crippen LogP contribution in [0, 0.1) is 6.92 Å². The number of benzene rings is 1. The van der Waals surface area contributed by atoms with Crippen LogP contribution in [0.1, 0.15) is 30.5 Å². The molecule has 0 aliphatic heterocycles. The standard InChI is InChI=1S/C17H19N3OS2/c1-3-4-9-20-16(21)14-7-5-6-8-15(14)19-17(20)23-11-13-10-22-12(2)18-13/h5-8,10H,3-4,9,11H2,1-2H3. The third-order valence-electron chi connectivity index (χ3n) is 3.58. The molecule has 0 atom stereocenters. The van der Waals surface area contributed by atoms with Crippen molar-refractivity contribution in [1.29, 1.82) is 0 Å². The maximum absolute atomic E-state index is 12.8. The van der Waals surface area contributed by atoms with Crippen molar-refractivity contribution in [2.24, 2.45) is 0 Å². The minimum atomic E-state index is 0.0565. The summed E-state index contributed by atoms with van der Waals surface area (Å²) in [6.45, 7) is 4.85. The first-order valence-corrected chi connectivity index (χ1v) is 9.59. The molecule has 0 aliphatic carbocycles. The van der Waals surface area contributed by atoms with Crippen LogP contribution >= 0.6 is 23.1 Å². The number of nitrogens with zero attached hydrogens (tertiary/aromatic N) is 3. The first-order chi connectivity index (χ1) is 11.2. The molecule has 0 N–H and O–H groups in total. The normalized spacial score (nSPS) is 11.2. The zero-order valence-electron chi connectivity index (χ0n) is 13.3. The van der Waals surface area contributed by atoms with E-state index in [0.29, 0.717) is 11.9 Å². The van der Waals surface area contributed by atoms with Crippen molar-refractivity contribution >= 4 is 34.0 Å². The number of aromatic nitrogens is 3. The average molecular weight is 345 g/mol. The summed E-state index contributed by atoms with van der Waals surface area (Å²) in [7, 11) is 0. The van der Waals surface area contributed by atoms with E-state index < -0.39 is 0 Å². The zero-order chi connectivity index (χ0) is 16.2. The average Bonchev–Trinajstić information content (AvgIpc) is 2.98. The Kier molecular flexibility index (Phi) is 5.13. The molecule has 120 valence electrons. The van der Waals surface area contributed by atoms with E-state index in [9.17, 15) is 4.79 Å². The van der Waals surface area contributed by atoms with Gasteiger partial charge in [0, 0.05) is 17.7 Å². The van der Waals surface area contributed by atoms with Gasteiger partial charge in [-0.2, -0.15) is 0 Å². The molecule has 4 nitrogen and oxygen atoms in total. The van der Waals surface area contributed by atoms with Gasteiger partial charge in [-0.25, -0.2) is 9.97 Å². The van der Waals surface area contributed by atoms with Gasteiger partial charge in [0.05, 0.1) is 21.6 Å². The number of unbranched alkanes of at least 4 members (excludes halogenated alkanes) is 1. The van der Waals surface area contributed by atoms with Crippen molar-refractivity contribution in [1.82, 2.24) is 14.5 Å². The quantitative estimate of drug-likeness (QED) is 0.495. The van der Waals surface area contributed by atoms with Crippen molar-refractivity contribution in [3.8, 4) is 0 Å². The Bertz CT molecular complexity index is 870. The number of fused-ring (bicyclic) bond motifs is 1. The Morgan fingerprint density at radius 1 is 1.26 bits per heavy atom. The fourth-order valence-electron chi connectivity index (χ4n) is 2.38. The van der Waals surface area contributed by atoms with Crippen molar-refractivity contribution in [3.05, 3.63) is 50.7 Å². The Hall–Kier alpha value is -1.66. The van der Waals surface area contributed by atoms with Gasteiger partial charge in [-0.15, -0.1) is 11.3 Å². The van der Waals surface area contributed by atoms with Crippen LogP contribution in [0.3, 0.4) is 0 Å². The molecule has 2 heterocycles. The van der Waals surface area contributed by atoms with Gasteiger partial charge in [-0.1, -0.05) is 37.2 Å². The fraction of sp³-hybridized carbons (Fsp3) is 0.353. The maximum Gasteiger partial charge on any atom is 0.262 e. The van der Waals surface area contributed by atoms with Gasteiger partial charge < -0.3 is 0 Å². The molecule has 0 saturated carbocycles. The first-order valence-electron chi connectivity index (χ1n) is 7.72. The second kappa shape index (κ2) is 7.27. The van der Waals surface area contributed by atoms with E-state index >= 15 is 0 Å². The number of thioether (sulfide) groups is 1. The molecule has 0 spiro atoms. The minimum Gasteiger partial charge on any atom is -0.287 e. The lowest BCUT2D eigenvalue weighted by Crippen LogP contribution is -2.23. The van der Waals surface area contributed by atoms with Crippen LogP contribution < -0.4 is 5.56 Å². The number of para-hydroxylation sites is 1. The number of hydrogen-bond donors (Lipinski definition) is 0. The fourth-order valence-corrected chi connectivity index (χ4v) is 4.02. The Morgan fingerprint density at radius 2 is 2.09 bits per heavy atom. The molecule has 0 aliphatic rings. The molecule has 0 fully saturated rings. The third kappa shape index (κ3) is 3.64. The summed E-state index contributed by atoms with van der Waals surface area (Å²) in [5.74, 6) is 0.737.